The molecule has 0 saturated carbocycles. The van der Waals surface area contributed by atoms with Crippen molar-refractivity contribution >= 4 is 18.0 Å². The first-order chi connectivity index (χ1) is 6.24. The summed E-state index contributed by atoms with van der Waals surface area (Å²) >= 11 is 1.39. The number of aryl methyl sites for hydroxylation is 1. The van der Waals surface area contributed by atoms with Crippen molar-refractivity contribution in [3.63, 3.8) is 0 Å². The van der Waals surface area contributed by atoms with E-state index < -0.39 is 0 Å². The standard InChI is InChI=1S/C9H11NO2S/c1-7-3-4-8(12)9(10-7)13-6-2-5-11/h3-5,12H,2,6H2,1H3. The molecule has 1 N–H and O–H groups in total. The molecule has 0 saturated heterocycles. The zero-order valence-corrected chi connectivity index (χ0v) is 8.17. The second-order valence-electron chi connectivity index (χ2n) is 2.58. The first kappa shape index (κ1) is 10.1. The third kappa shape index (κ3) is 3.06. The quantitative estimate of drug-likeness (QED) is 0.454. The van der Waals surface area contributed by atoms with Crippen LogP contribution in [0.5, 0.6) is 5.75 Å². The molecular formula is C9H11NO2S. The summed E-state index contributed by atoms with van der Waals surface area (Å²) in [6, 6.07) is 3.37. The summed E-state index contributed by atoms with van der Waals surface area (Å²) in [5.41, 5.74) is 0.867. The van der Waals surface area contributed by atoms with Gasteiger partial charge in [-0.1, -0.05) is 0 Å². The number of nitrogens with zero attached hydrogens (tertiary/aromatic N) is 1. The highest BCUT2D eigenvalue weighted by Gasteiger charge is 2.02. The molecule has 1 rings (SSSR count). The molecule has 1 heterocycles. The Labute approximate surface area is 81.2 Å². The average Bonchev–Trinajstić information content (AvgIpc) is 2.11. The number of aldehydes is 1. The normalized spacial score (nSPS) is 9.92. The highest BCUT2D eigenvalue weighted by molar-refractivity contribution is 7.99. The number of pyridine rings is 1. The van der Waals surface area contributed by atoms with Crippen LogP contribution >= 0.6 is 11.8 Å². The van der Waals surface area contributed by atoms with E-state index in [-0.39, 0.29) is 5.75 Å². The van der Waals surface area contributed by atoms with Crippen LogP contribution in [0.15, 0.2) is 17.2 Å². The van der Waals surface area contributed by atoms with Crippen molar-refractivity contribution in [2.24, 2.45) is 0 Å². The van der Waals surface area contributed by atoms with E-state index in [9.17, 15) is 9.90 Å². The third-order valence-corrected chi connectivity index (χ3v) is 2.47. The van der Waals surface area contributed by atoms with Gasteiger partial charge in [-0.05, 0) is 19.1 Å². The van der Waals surface area contributed by atoms with Gasteiger partial charge in [0.05, 0.1) is 0 Å². The van der Waals surface area contributed by atoms with Gasteiger partial charge in [0.25, 0.3) is 0 Å². The van der Waals surface area contributed by atoms with Crippen molar-refractivity contribution in [2.45, 2.75) is 18.4 Å². The molecule has 0 aliphatic heterocycles. The monoisotopic (exact) mass is 197 g/mol. The Hall–Kier alpha value is -1.03. The van der Waals surface area contributed by atoms with E-state index >= 15 is 0 Å². The number of carbonyl (C=O) groups excluding carboxylic acids is 1. The van der Waals surface area contributed by atoms with Gasteiger partial charge >= 0.3 is 0 Å². The van der Waals surface area contributed by atoms with E-state index in [1.807, 2.05) is 6.92 Å². The maximum Gasteiger partial charge on any atom is 0.147 e. The molecule has 4 heteroatoms. The van der Waals surface area contributed by atoms with Crippen LogP contribution in [-0.4, -0.2) is 22.1 Å². The van der Waals surface area contributed by atoms with E-state index in [4.69, 9.17) is 0 Å². The number of rotatable bonds is 4. The molecule has 0 aliphatic carbocycles. The number of thioether (sulfide) groups is 1. The molecule has 3 nitrogen and oxygen atoms in total. The van der Waals surface area contributed by atoms with Crippen LogP contribution in [-0.2, 0) is 4.79 Å². The van der Waals surface area contributed by atoms with Crippen LogP contribution in [0.4, 0.5) is 0 Å². The van der Waals surface area contributed by atoms with Gasteiger partial charge in [0.15, 0.2) is 0 Å². The largest absolute Gasteiger partial charge is 0.505 e. The van der Waals surface area contributed by atoms with Crippen LogP contribution < -0.4 is 0 Å². The van der Waals surface area contributed by atoms with Gasteiger partial charge in [-0.15, -0.1) is 11.8 Å². The lowest BCUT2D eigenvalue weighted by molar-refractivity contribution is -0.107. The van der Waals surface area contributed by atoms with Crippen LogP contribution in [0, 0.1) is 6.92 Å². The van der Waals surface area contributed by atoms with E-state index in [0.717, 1.165) is 12.0 Å². The molecule has 0 spiro atoms. The lowest BCUT2D eigenvalue weighted by Crippen LogP contribution is -1.87. The predicted molar refractivity (Wildman–Crippen MR) is 52.0 cm³/mol. The molecule has 70 valence electrons. The van der Waals surface area contributed by atoms with Crippen molar-refractivity contribution in [3.8, 4) is 5.75 Å². The molecule has 0 fully saturated rings. The first-order valence-electron chi connectivity index (χ1n) is 3.97. The Balaban J connectivity index is 2.64. The molecule has 0 radical (unpaired) electrons. The molecule has 0 aromatic carbocycles. The Morgan fingerprint density at radius 1 is 1.62 bits per heavy atom. The van der Waals surface area contributed by atoms with Crippen molar-refractivity contribution in [3.05, 3.63) is 17.8 Å². The Bertz CT molecular complexity index is 302. The SMILES string of the molecule is Cc1ccc(O)c(SCCC=O)n1. The molecular weight excluding hydrogens is 186 g/mol. The number of aromatic nitrogens is 1. The van der Waals surface area contributed by atoms with Gasteiger partial charge < -0.3 is 9.90 Å². The van der Waals surface area contributed by atoms with Crippen LogP contribution in [0.2, 0.25) is 0 Å². The van der Waals surface area contributed by atoms with E-state index in [0.29, 0.717) is 17.2 Å². The summed E-state index contributed by atoms with van der Waals surface area (Å²) in [5.74, 6) is 0.842. The molecule has 0 atom stereocenters. The second-order valence-corrected chi connectivity index (χ2v) is 3.66. The number of aromatic hydroxyl groups is 1. The Morgan fingerprint density at radius 2 is 2.38 bits per heavy atom. The highest BCUT2D eigenvalue weighted by atomic mass is 32.2. The van der Waals surface area contributed by atoms with Gasteiger partial charge in [-0.3, -0.25) is 0 Å². The zero-order chi connectivity index (χ0) is 9.68. The smallest absolute Gasteiger partial charge is 0.147 e. The van der Waals surface area contributed by atoms with Crippen molar-refractivity contribution < 1.29 is 9.90 Å². The van der Waals surface area contributed by atoms with Gasteiger partial charge in [-0.25, -0.2) is 4.98 Å². The molecule has 0 unspecified atom stereocenters. The van der Waals surface area contributed by atoms with E-state index in [1.54, 1.807) is 12.1 Å². The van der Waals surface area contributed by atoms with Crippen LogP contribution in [0.3, 0.4) is 0 Å². The van der Waals surface area contributed by atoms with Crippen LogP contribution in [0.1, 0.15) is 12.1 Å². The average molecular weight is 197 g/mol. The zero-order valence-electron chi connectivity index (χ0n) is 7.36. The fourth-order valence-electron chi connectivity index (χ4n) is 0.835. The topological polar surface area (TPSA) is 50.2 Å². The Morgan fingerprint density at radius 3 is 3.08 bits per heavy atom. The van der Waals surface area contributed by atoms with Crippen molar-refractivity contribution in [1.29, 1.82) is 0 Å². The summed E-state index contributed by atoms with van der Waals surface area (Å²) in [6.07, 6.45) is 1.35. The highest BCUT2D eigenvalue weighted by Crippen LogP contribution is 2.26. The fourth-order valence-corrected chi connectivity index (χ4v) is 1.67. The lowest BCUT2D eigenvalue weighted by Gasteiger charge is -2.02. The second kappa shape index (κ2) is 4.87. The predicted octanol–water partition coefficient (Wildman–Crippen LogP) is 1.78. The minimum atomic E-state index is 0.182. The van der Waals surface area contributed by atoms with E-state index in [2.05, 4.69) is 4.98 Å². The summed E-state index contributed by atoms with van der Waals surface area (Å²) in [5, 5.41) is 9.96. The van der Waals surface area contributed by atoms with Crippen molar-refractivity contribution in [1.82, 2.24) is 4.98 Å². The van der Waals surface area contributed by atoms with Gasteiger partial charge in [0, 0.05) is 17.9 Å². The van der Waals surface area contributed by atoms with E-state index in [1.165, 1.54) is 11.8 Å². The molecule has 1 aromatic rings. The molecule has 0 amide bonds. The molecule has 0 bridgehead atoms. The molecule has 13 heavy (non-hydrogen) atoms. The summed E-state index contributed by atoms with van der Waals surface area (Å²) in [4.78, 5) is 14.2. The lowest BCUT2D eigenvalue weighted by atomic mass is 10.4. The van der Waals surface area contributed by atoms with Crippen LogP contribution in [0.25, 0.3) is 0 Å². The summed E-state index contributed by atoms with van der Waals surface area (Å²) in [6.45, 7) is 1.86. The van der Waals surface area contributed by atoms with Gasteiger partial charge in [-0.2, -0.15) is 0 Å². The third-order valence-electron chi connectivity index (χ3n) is 1.45. The minimum Gasteiger partial charge on any atom is -0.505 e. The fraction of sp³-hybridized carbons (Fsp3) is 0.333. The maximum absolute atomic E-state index is 10.1. The molecule has 1 aromatic heterocycles. The summed E-state index contributed by atoms with van der Waals surface area (Å²) in [7, 11) is 0. The first-order valence-corrected chi connectivity index (χ1v) is 4.95. The number of hydrogen-bond acceptors (Lipinski definition) is 4. The van der Waals surface area contributed by atoms with Gasteiger partial charge in [0.1, 0.15) is 17.1 Å². The summed E-state index contributed by atoms with van der Waals surface area (Å²) < 4.78 is 0. The van der Waals surface area contributed by atoms with Gasteiger partial charge in [0.2, 0.25) is 0 Å². The molecule has 0 aliphatic rings. The number of hydrogen-bond donors (Lipinski definition) is 1. The number of carbonyl (C=O) groups is 1. The Kier molecular flexibility index (Phi) is 3.76. The minimum absolute atomic E-state index is 0.182. The van der Waals surface area contributed by atoms with Crippen molar-refractivity contribution in [2.75, 3.05) is 5.75 Å². The maximum atomic E-state index is 10.1.